The molecule has 6 heteroatoms. The molecule has 0 heterocycles. The Morgan fingerprint density at radius 3 is 2.44 bits per heavy atom. The van der Waals surface area contributed by atoms with Crippen molar-refractivity contribution < 1.29 is 24.2 Å². The first-order chi connectivity index (χ1) is 7.65. The van der Waals surface area contributed by atoms with Crippen LogP contribution in [0.3, 0.4) is 0 Å². The van der Waals surface area contributed by atoms with Gasteiger partial charge < -0.3 is 15.4 Å². The van der Waals surface area contributed by atoms with E-state index in [1.54, 1.807) is 30.3 Å². The molecule has 0 atom stereocenters. The van der Waals surface area contributed by atoms with Crippen LogP contribution in [0.1, 0.15) is 5.56 Å². The Labute approximate surface area is 90.7 Å². The van der Waals surface area contributed by atoms with Gasteiger partial charge >= 0.3 is 17.7 Å². The molecule has 0 unspecified atom stereocenters. The summed E-state index contributed by atoms with van der Waals surface area (Å²) in [4.78, 5) is 23.8. The van der Waals surface area contributed by atoms with Crippen molar-refractivity contribution in [2.75, 3.05) is 0 Å². The second kappa shape index (κ2) is 5.43. The summed E-state index contributed by atoms with van der Waals surface area (Å²) in [6.45, 7) is -0.0774. The Kier molecular flexibility index (Phi) is 3.94. The fourth-order valence-electron chi connectivity index (χ4n) is 0.962. The highest BCUT2D eigenvalue weighted by Gasteiger charge is 2.30. The van der Waals surface area contributed by atoms with Gasteiger partial charge in [-0.2, -0.15) is 4.79 Å². The van der Waals surface area contributed by atoms with Crippen molar-refractivity contribution >= 4 is 17.7 Å². The lowest BCUT2D eigenvalue weighted by Crippen LogP contribution is -2.26. The first-order valence-corrected chi connectivity index (χ1v) is 4.31. The van der Waals surface area contributed by atoms with Gasteiger partial charge in [-0.1, -0.05) is 30.3 Å². The molecule has 1 aromatic rings. The number of rotatable bonds is 4. The molecule has 0 fully saturated rings. The molecule has 0 saturated carbocycles. The molecule has 6 nitrogen and oxygen atoms in total. The third-order valence-corrected chi connectivity index (χ3v) is 1.71. The van der Waals surface area contributed by atoms with Gasteiger partial charge in [0.15, 0.2) is 0 Å². The van der Waals surface area contributed by atoms with E-state index in [-0.39, 0.29) is 6.61 Å². The minimum atomic E-state index is -1.64. The molecular formula is C10H8N2O4. The van der Waals surface area contributed by atoms with Crippen LogP contribution in [0.15, 0.2) is 30.3 Å². The zero-order valence-corrected chi connectivity index (χ0v) is 8.16. The molecule has 0 aliphatic carbocycles. The van der Waals surface area contributed by atoms with Crippen molar-refractivity contribution in [1.82, 2.24) is 0 Å². The van der Waals surface area contributed by atoms with Crippen LogP contribution >= 0.6 is 0 Å². The van der Waals surface area contributed by atoms with E-state index in [0.717, 1.165) is 0 Å². The minimum absolute atomic E-state index is 0.0774. The number of nitrogens with zero attached hydrogens (tertiary/aromatic N) is 2. The van der Waals surface area contributed by atoms with Crippen LogP contribution in [0.5, 0.6) is 0 Å². The topological polar surface area (TPSA) is 100 Å². The van der Waals surface area contributed by atoms with Gasteiger partial charge in [0.1, 0.15) is 6.61 Å². The maximum absolute atomic E-state index is 11.1. The van der Waals surface area contributed by atoms with Crippen molar-refractivity contribution in [3.05, 3.63) is 41.4 Å². The molecule has 0 spiro atoms. The molecule has 0 aliphatic heterocycles. The zero-order chi connectivity index (χ0) is 12.0. The van der Waals surface area contributed by atoms with Crippen molar-refractivity contribution in [2.45, 2.75) is 6.61 Å². The smallest absolute Gasteiger partial charge is 0.472 e. The highest BCUT2D eigenvalue weighted by Crippen LogP contribution is 2.00. The van der Waals surface area contributed by atoms with E-state index in [0.29, 0.717) is 5.56 Å². The summed E-state index contributed by atoms with van der Waals surface area (Å²) in [5, 5.41) is 8.45. The standard InChI is InChI=1S/C10H8N2O4/c11-12-8(9(13)14)10(15)16-6-7-4-2-1-3-5-7/h1-5H,6H2,(H,13,14). The summed E-state index contributed by atoms with van der Waals surface area (Å²) in [5.74, 6) is -2.82. The third-order valence-electron chi connectivity index (χ3n) is 1.71. The van der Waals surface area contributed by atoms with Crippen LogP contribution in [-0.4, -0.2) is 27.5 Å². The van der Waals surface area contributed by atoms with Gasteiger partial charge in [-0.25, -0.2) is 9.59 Å². The molecular weight excluding hydrogens is 212 g/mol. The highest BCUT2D eigenvalue weighted by atomic mass is 16.5. The van der Waals surface area contributed by atoms with E-state index in [4.69, 9.17) is 10.6 Å². The number of esters is 1. The Balaban J connectivity index is 2.60. The lowest BCUT2D eigenvalue weighted by Gasteiger charge is -2.00. The molecule has 82 valence electrons. The first kappa shape index (κ1) is 11.6. The lowest BCUT2D eigenvalue weighted by molar-refractivity contribution is -0.147. The normalized spacial score (nSPS) is 9.00. The summed E-state index contributed by atoms with van der Waals surface area (Å²) in [6.07, 6.45) is 0. The fourth-order valence-corrected chi connectivity index (χ4v) is 0.962. The number of hydrogen-bond donors (Lipinski definition) is 1. The number of carboxylic acid groups (broad SMARTS) is 1. The van der Waals surface area contributed by atoms with E-state index in [9.17, 15) is 9.59 Å². The fraction of sp³-hybridized carbons (Fsp3) is 0.100. The van der Waals surface area contributed by atoms with Gasteiger partial charge in [-0.3, -0.25) is 0 Å². The zero-order valence-electron chi connectivity index (χ0n) is 8.16. The number of ether oxygens (including phenoxy) is 1. The van der Waals surface area contributed by atoms with Crippen molar-refractivity contribution in [1.29, 1.82) is 0 Å². The molecule has 1 N–H and O–H groups in total. The van der Waals surface area contributed by atoms with Crippen molar-refractivity contribution in [3.63, 3.8) is 0 Å². The van der Waals surface area contributed by atoms with E-state index in [2.05, 4.69) is 9.53 Å². The van der Waals surface area contributed by atoms with E-state index in [1.165, 1.54) is 0 Å². The summed E-state index contributed by atoms with van der Waals surface area (Å²) in [5.41, 5.74) is 7.93. The maximum Gasteiger partial charge on any atom is 0.482 e. The Hall–Kier alpha value is -2.46. The maximum atomic E-state index is 11.1. The van der Waals surface area contributed by atoms with Crippen LogP contribution in [0.2, 0.25) is 0 Å². The van der Waals surface area contributed by atoms with Gasteiger partial charge in [0.05, 0.1) is 0 Å². The molecule has 0 saturated heterocycles. The monoisotopic (exact) mass is 220 g/mol. The molecule has 0 amide bonds. The van der Waals surface area contributed by atoms with Crippen molar-refractivity contribution in [3.8, 4) is 0 Å². The number of carboxylic acids is 1. The Bertz CT molecular complexity index is 449. The highest BCUT2D eigenvalue weighted by molar-refractivity contribution is 6.60. The summed E-state index contributed by atoms with van der Waals surface area (Å²) < 4.78 is 4.63. The van der Waals surface area contributed by atoms with Gasteiger partial charge in [0, 0.05) is 0 Å². The van der Waals surface area contributed by atoms with Crippen LogP contribution in [-0.2, 0) is 20.9 Å². The number of aliphatic carboxylic acids is 1. The van der Waals surface area contributed by atoms with Crippen LogP contribution in [0.4, 0.5) is 0 Å². The summed E-state index contributed by atoms with van der Waals surface area (Å²) in [6, 6.07) is 8.72. The van der Waals surface area contributed by atoms with Gasteiger partial charge in [-0.05, 0) is 5.56 Å². The van der Waals surface area contributed by atoms with E-state index in [1.807, 2.05) is 0 Å². The number of benzene rings is 1. The molecule has 0 aromatic heterocycles. The summed E-state index contributed by atoms with van der Waals surface area (Å²) in [7, 11) is 0. The Morgan fingerprint density at radius 1 is 1.31 bits per heavy atom. The van der Waals surface area contributed by atoms with Crippen LogP contribution in [0, 0.1) is 0 Å². The second-order valence-corrected chi connectivity index (χ2v) is 2.82. The molecule has 0 radical (unpaired) electrons. The second-order valence-electron chi connectivity index (χ2n) is 2.82. The van der Waals surface area contributed by atoms with Crippen LogP contribution in [0.25, 0.3) is 5.53 Å². The SMILES string of the molecule is [N-]=[N+]=C(C(=O)O)C(=O)OCc1ccccc1. The van der Waals surface area contributed by atoms with Crippen molar-refractivity contribution in [2.24, 2.45) is 0 Å². The quantitative estimate of drug-likeness (QED) is 0.262. The molecule has 1 aromatic carbocycles. The predicted molar refractivity (Wildman–Crippen MR) is 52.5 cm³/mol. The number of carbonyl (C=O) groups excluding carboxylic acids is 1. The molecule has 16 heavy (non-hydrogen) atoms. The van der Waals surface area contributed by atoms with E-state index >= 15 is 0 Å². The number of hydrogen-bond acceptors (Lipinski definition) is 3. The lowest BCUT2D eigenvalue weighted by atomic mass is 10.2. The molecule has 0 bridgehead atoms. The first-order valence-electron chi connectivity index (χ1n) is 4.31. The molecule has 1 rings (SSSR count). The predicted octanol–water partition coefficient (Wildman–Crippen LogP) is 0.485. The largest absolute Gasteiger partial charge is 0.482 e. The molecule has 0 aliphatic rings. The van der Waals surface area contributed by atoms with E-state index < -0.39 is 17.7 Å². The third kappa shape index (κ3) is 3.04. The van der Waals surface area contributed by atoms with Gasteiger partial charge in [0.2, 0.25) is 0 Å². The average Bonchev–Trinajstić information content (AvgIpc) is 2.28. The summed E-state index contributed by atoms with van der Waals surface area (Å²) >= 11 is 0. The Morgan fingerprint density at radius 2 is 1.94 bits per heavy atom. The van der Waals surface area contributed by atoms with Gasteiger partial charge in [0.25, 0.3) is 0 Å². The average molecular weight is 220 g/mol. The number of carbonyl (C=O) groups is 2. The van der Waals surface area contributed by atoms with Gasteiger partial charge in [-0.15, -0.1) is 0 Å². The van der Waals surface area contributed by atoms with Crippen LogP contribution < -0.4 is 0 Å². The minimum Gasteiger partial charge on any atom is -0.472 e.